The first-order valence-electron chi connectivity index (χ1n) is 6.60. The lowest BCUT2D eigenvalue weighted by molar-refractivity contribution is 0.486. The Kier molecular flexibility index (Phi) is 5.62. The van der Waals surface area contributed by atoms with Crippen LogP contribution in [-0.2, 0) is 6.54 Å². The third-order valence-corrected chi connectivity index (χ3v) is 4.49. The molecule has 1 N–H and O–H groups in total. The van der Waals surface area contributed by atoms with Gasteiger partial charge in [-0.1, -0.05) is 35.3 Å². The standard InChI is InChI=1S/C16H15Cl2FN2S/c1-10-12(17)5-4-8-15(10)20-16(22)21(2)9-11-13(18)6-3-7-14(11)19/h3-8H,9H2,1-2H3,(H,20,22). The molecule has 2 aromatic rings. The number of benzene rings is 2. The minimum Gasteiger partial charge on any atom is -0.348 e. The molecule has 0 aliphatic heterocycles. The zero-order chi connectivity index (χ0) is 16.3. The van der Waals surface area contributed by atoms with Crippen molar-refractivity contribution in [3.63, 3.8) is 0 Å². The van der Waals surface area contributed by atoms with Crippen LogP contribution in [0.1, 0.15) is 11.1 Å². The van der Waals surface area contributed by atoms with Crippen LogP contribution in [0.5, 0.6) is 0 Å². The highest BCUT2D eigenvalue weighted by atomic mass is 35.5. The monoisotopic (exact) mass is 356 g/mol. The van der Waals surface area contributed by atoms with E-state index in [4.69, 9.17) is 35.4 Å². The first-order chi connectivity index (χ1) is 10.4. The van der Waals surface area contributed by atoms with E-state index in [1.54, 1.807) is 24.1 Å². The normalized spacial score (nSPS) is 10.4. The van der Waals surface area contributed by atoms with Gasteiger partial charge < -0.3 is 10.2 Å². The Morgan fingerprint density at radius 3 is 2.50 bits per heavy atom. The highest BCUT2D eigenvalue weighted by Gasteiger charge is 2.13. The molecule has 0 saturated heterocycles. The number of anilines is 1. The van der Waals surface area contributed by atoms with Crippen LogP contribution in [0.25, 0.3) is 0 Å². The van der Waals surface area contributed by atoms with Gasteiger partial charge in [-0.2, -0.15) is 0 Å². The number of hydrogen-bond acceptors (Lipinski definition) is 1. The molecule has 22 heavy (non-hydrogen) atoms. The van der Waals surface area contributed by atoms with E-state index in [1.165, 1.54) is 6.07 Å². The molecule has 2 nitrogen and oxygen atoms in total. The number of nitrogens with one attached hydrogen (secondary N) is 1. The van der Waals surface area contributed by atoms with E-state index < -0.39 is 0 Å². The summed E-state index contributed by atoms with van der Waals surface area (Å²) in [7, 11) is 1.78. The van der Waals surface area contributed by atoms with Crippen LogP contribution in [0.3, 0.4) is 0 Å². The molecule has 0 aromatic heterocycles. The molecule has 2 aromatic carbocycles. The van der Waals surface area contributed by atoms with Crippen molar-refractivity contribution >= 4 is 46.2 Å². The van der Waals surface area contributed by atoms with Crippen LogP contribution in [0, 0.1) is 12.7 Å². The van der Waals surface area contributed by atoms with Crippen molar-refractivity contribution in [2.24, 2.45) is 0 Å². The minimum absolute atomic E-state index is 0.275. The molecule has 0 spiro atoms. The molecule has 0 aliphatic rings. The first-order valence-corrected chi connectivity index (χ1v) is 7.76. The number of hydrogen-bond donors (Lipinski definition) is 1. The van der Waals surface area contributed by atoms with Gasteiger partial charge in [0.2, 0.25) is 0 Å². The maximum atomic E-state index is 13.8. The average Bonchev–Trinajstić information content (AvgIpc) is 2.47. The van der Waals surface area contributed by atoms with Crippen molar-refractivity contribution in [2.75, 3.05) is 12.4 Å². The molecule has 0 bridgehead atoms. The van der Waals surface area contributed by atoms with Crippen LogP contribution >= 0.6 is 35.4 Å². The van der Waals surface area contributed by atoms with Gasteiger partial charge in [-0.25, -0.2) is 4.39 Å². The Labute approximate surface area is 144 Å². The molecule has 0 aliphatic carbocycles. The van der Waals surface area contributed by atoms with Crippen molar-refractivity contribution < 1.29 is 4.39 Å². The molecule has 0 saturated carbocycles. The highest BCUT2D eigenvalue weighted by molar-refractivity contribution is 7.80. The third-order valence-electron chi connectivity index (χ3n) is 3.31. The highest BCUT2D eigenvalue weighted by Crippen LogP contribution is 2.24. The van der Waals surface area contributed by atoms with Crippen LogP contribution in [0.15, 0.2) is 36.4 Å². The summed E-state index contributed by atoms with van der Waals surface area (Å²) in [5.41, 5.74) is 2.14. The predicted molar refractivity (Wildman–Crippen MR) is 95.3 cm³/mol. The molecular formula is C16H15Cl2FN2S. The van der Waals surface area contributed by atoms with E-state index in [0.717, 1.165) is 11.3 Å². The molecule has 0 unspecified atom stereocenters. The Balaban J connectivity index is 2.11. The SMILES string of the molecule is Cc1c(Cl)cccc1NC(=S)N(C)Cc1c(F)cccc1Cl. The predicted octanol–water partition coefficient (Wildman–Crippen LogP) is 5.27. The molecule has 0 fully saturated rings. The fraction of sp³-hybridized carbons (Fsp3) is 0.188. The maximum absolute atomic E-state index is 13.8. The summed E-state index contributed by atoms with van der Waals surface area (Å²) < 4.78 is 13.8. The van der Waals surface area contributed by atoms with Gasteiger partial charge in [-0.15, -0.1) is 0 Å². The van der Waals surface area contributed by atoms with Crippen LogP contribution < -0.4 is 5.32 Å². The van der Waals surface area contributed by atoms with Crippen LogP contribution in [0.4, 0.5) is 10.1 Å². The second-order valence-corrected chi connectivity index (χ2v) is 6.10. The summed E-state index contributed by atoms with van der Waals surface area (Å²) in [6.07, 6.45) is 0. The Morgan fingerprint density at radius 1 is 1.18 bits per heavy atom. The summed E-state index contributed by atoms with van der Waals surface area (Å²) in [5.74, 6) is -0.346. The Morgan fingerprint density at radius 2 is 1.82 bits per heavy atom. The summed E-state index contributed by atoms with van der Waals surface area (Å²) in [6, 6.07) is 10.2. The Hall–Kier alpha value is -1.36. The lowest BCUT2D eigenvalue weighted by atomic mass is 10.2. The third kappa shape index (κ3) is 3.88. The summed E-state index contributed by atoms with van der Waals surface area (Å²) >= 11 is 17.5. The lowest BCUT2D eigenvalue weighted by Gasteiger charge is -2.22. The van der Waals surface area contributed by atoms with E-state index in [1.807, 2.05) is 25.1 Å². The van der Waals surface area contributed by atoms with Crippen molar-refractivity contribution in [2.45, 2.75) is 13.5 Å². The maximum Gasteiger partial charge on any atom is 0.173 e. The molecule has 0 atom stereocenters. The molecule has 0 radical (unpaired) electrons. The molecule has 0 heterocycles. The first kappa shape index (κ1) is 17.0. The van der Waals surface area contributed by atoms with Gasteiger partial charge in [0.1, 0.15) is 5.82 Å². The van der Waals surface area contributed by atoms with Crippen LogP contribution in [-0.4, -0.2) is 17.1 Å². The second-order valence-electron chi connectivity index (χ2n) is 4.90. The summed E-state index contributed by atoms with van der Waals surface area (Å²) in [4.78, 5) is 1.72. The minimum atomic E-state index is -0.346. The van der Waals surface area contributed by atoms with Gasteiger partial charge in [0.05, 0.1) is 0 Å². The van der Waals surface area contributed by atoms with Crippen molar-refractivity contribution in [1.29, 1.82) is 0 Å². The van der Waals surface area contributed by atoms with E-state index in [9.17, 15) is 4.39 Å². The molecular weight excluding hydrogens is 342 g/mol. The fourth-order valence-corrected chi connectivity index (χ4v) is 2.52. The number of rotatable bonds is 3. The number of halogens is 3. The smallest absolute Gasteiger partial charge is 0.173 e. The van der Waals surface area contributed by atoms with Gasteiger partial charge in [-0.05, 0) is 49.0 Å². The van der Waals surface area contributed by atoms with Crippen LogP contribution in [0.2, 0.25) is 10.0 Å². The topological polar surface area (TPSA) is 15.3 Å². The van der Waals surface area contributed by atoms with Gasteiger partial charge in [0, 0.05) is 34.9 Å². The zero-order valence-electron chi connectivity index (χ0n) is 12.2. The Bertz CT molecular complexity index is 686. The largest absolute Gasteiger partial charge is 0.348 e. The van der Waals surface area contributed by atoms with E-state index in [-0.39, 0.29) is 12.4 Å². The molecule has 6 heteroatoms. The van der Waals surface area contributed by atoms with E-state index in [0.29, 0.717) is 20.7 Å². The van der Waals surface area contributed by atoms with E-state index in [2.05, 4.69) is 5.32 Å². The van der Waals surface area contributed by atoms with Gasteiger partial charge in [0.25, 0.3) is 0 Å². The number of nitrogens with zero attached hydrogens (tertiary/aromatic N) is 1. The zero-order valence-corrected chi connectivity index (χ0v) is 14.5. The summed E-state index contributed by atoms with van der Waals surface area (Å²) in [5, 5.41) is 4.62. The van der Waals surface area contributed by atoms with E-state index >= 15 is 0 Å². The fourth-order valence-electron chi connectivity index (χ4n) is 1.95. The van der Waals surface area contributed by atoms with Crippen molar-refractivity contribution in [1.82, 2.24) is 4.90 Å². The van der Waals surface area contributed by atoms with Gasteiger partial charge in [0.15, 0.2) is 5.11 Å². The van der Waals surface area contributed by atoms with Crippen molar-refractivity contribution in [3.8, 4) is 0 Å². The summed E-state index contributed by atoms with van der Waals surface area (Å²) in [6.45, 7) is 2.18. The quantitative estimate of drug-likeness (QED) is 0.754. The number of thiocarbonyl (C=S) groups is 1. The molecule has 2 rings (SSSR count). The van der Waals surface area contributed by atoms with Gasteiger partial charge >= 0.3 is 0 Å². The second kappa shape index (κ2) is 7.27. The van der Waals surface area contributed by atoms with Gasteiger partial charge in [-0.3, -0.25) is 0 Å². The van der Waals surface area contributed by atoms with Crippen molar-refractivity contribution in [3.05, 3.63) is 63.4 Å². The molecule has 116 valence electrons. The lowest BCUT2D eigenvalue weighted by Crippen LogP contribution is -2.31. The molecule has 0 amide bonds. The average molecular weight is 357 g/mol.